The molecule has 1 saturated heterocycles. The Hall–Kier alpha value is -2.84. The number of aliphatic imine (C=N–C) groups is 1. The molecule has 0 spiro atoms. The molecule has 0 aliphatic carbocycles. The zero-order valence-corrected chi connectivity index (χ0v) is 18.4. The highest BCUT2D eigenvalue weighted by molar-refractivity contribution is 5.79. The van der Waals surface area contributed by atoms with E-state index < -0.39 is 0 Å². The molecule has 1 aliphatic rings. The molecule has 1 atom stereocenters. The van der Waals surface area contributed by atoms with Gasteiger partial charge in [-0.15, -0.1) is 0 Å². The predicted molar refractivity (Wildman–Crippen MR) is 119 cm³/mol. The molecule has 7 nitrogen and oxygen atoms in total. The number of methoxy groups -OCH3 is 2. The van der Waals surface area contributed by atoms with Crippen LogP contribution in [-0.4, -0.2) is 65.0 Å². The minimum Gasteiger partial charge on any atom is -0.497 e. The number of rotatable bonds is 8. The maximum absolute atomic E-state index is 13.9. The average molecular weight is 431 g/mol. The maximum atomic E-state index is 13.9. The number of morpholine rings is 1. The SMILES string of the molecule is CN=C(NCc1ccc(OC)cc1OC)NCC(c1cccc(F)c1)N1CCOCC1. The van der Waals surface area contributed by atoms with Crippen molar-refractivity contribution in [2.24, 2.45) is 4.99 Å². The van der Waals surface area contributed by atoms with Gasteiger partial charge < -0.3 is 24.8 Å². The van der Waals surface area contributed by atoms with Crippen LogP contribution in [0.5, 0.6) is 11.5 Å². The third-order valence-electron chi connectivity index (χ3n) is 5.35. The Bertz CT molecular complexity index is 872. The summed E-state index contributed by atoms with van der Waals surface area (Å²) in [6, 6.07) is 12.5. The Labute approximate surface area is 183 Å². The number of halogens is 1. The number of benzene rings is 2. The molecule has 1 aliphatic heterocycles. The lowest BCUT2D eigenvalue weighted by atomic mass is 10.0. The summed E-state index contributed by atoms with van der Waals surface area (Å²) in [5, 5.41) is 6.70. The van der Waals surface area contributed by atoms with Crippen molar-refractivity contribution in [3.8, 4) is 11.5 Å². The lowest BCUT2D eigenvalue weighted by molar-refractivity contribution is 0.0169. The van der Waals surface area contributed by atoms with Crippen molar-refractivity contribution >= 4 is 5.96 Å². The van der Waals surface area contributed by atoms with Crippen LogP contribution in [0.15, 0.2) is 47.5 Å². The van der Waals surface area contributed by atoms with Crippen LogP contribution >= 0.6 is 0 Å². The van der Waals surface area contributed by atoms with Crippen LogP contribution in [0.1, 0.15) is 17.2 Å². The highest BCUT2D eigenvalue weighted by atomic mass is 19.1. The molecular formula is C23H31FN4O3. The Balaban J connectivity index is 1.65. The molecule has 0 aromatic heterocycles. The first-order valence-electron chi connectivity index (χ1n) is 10.4. The summed E-state index contributed by atoms with van der Waals surface area (Å²) in [5.74, 6) is 1.91. The second kappa shape index (κ2) is 11.5. The van der Waals surface area contributed by atoms with Crippen molar-refractivity contribution in [3.05, 3.63) is 59.4 Å². The highest BCUT2D eigenvalue weighted by Crippen LogP contribution is 2.24. The normalized spacial score (nSPS) is 15.9. The van der Waals surface area contributed by atoms with E-state index in [9.17, 15) is 4.39 Å². The van der Waals surface area contributed by atoms with E-state index in [1.54, 1.807) is 33.4 Å². The monoisotopic (exact) mass is 430 g/mol. The van der Waals surface area contributed by atoms with Crippen LogP contribution in [0.3, 0.4) is 0 Å². The fraction of sp³-hybridized carbons (Fsp3) is 0.435. The van der Waals surface area contributed by atoms with Gasteiger partial charge >= 0.3 is 0 Å². The highest BCUT2D eigenvalue weighted by Gasteiger charge is 2.23. The van der Waals surface area contributed by atoms with Gasteiger partial charge in [0.1, 0.15) is 17.3 Å². The van der Waals surface area contributed by atoms with Gasteiger partial charge in [0.15, 0.2) is 5.96 Å². The zero-order valence-electron chi connectivity index (χ0n) is 18.4. The van der Waals surface area contributed by atoms with E-state index in [1.165, 1.54) is 6.07 Å². The van der Waals surface area contributed by atoms with Crippen molar-refractivity contribution in [1.29, 1.82) is 0 Å². The van der Waals surface area contributed by atoms with Gasteiger partial charge in [-0.2, -0.15) is 0 Å². The fourth-order valence-corrected chi connectivity index (χ4v) is 3.65. The molecule has 0 amide bonds. The van der Waals surface area contributed by atoms with E-state index >= 15 is 0 Å². The van der Waals surface area contributed by atoms with Gasteiger partial charge in [-0.1, -0.05) is 12.1 Å². The molecule has 31 heavy (non-hydrogen) atoms. The molecule has 8 heteroatoms. The minimum absolute atomic E-state index is 0.00803. The second-order valence-corrected chi connectivity index (χ2v) is 7.20. The van der Waals surface area contributed by atoms with Crippen molar-refractivity contribution < 1.29 is 18.6 Å². The molecule has 2 N–H and O–H groups in total. The summed E-state index contributed by atoms with van der Waals surface area (Å²) in [4.78, 5) is 6.64. The van der Waals surface area contributed by atoms with Gasteiger partial charge in [0.05, 0.1) is 33.5 Å². The van der Waals surface area contributed by atoms with E-state index in [0.29, 0.717) is 32.3 Å². The van der Waals surface area contributed by atoms with E-state index in [0.717, 1.165) is 35.7 Å². The van der Waals surface area contributed by atoms with Gasteiger partial charge in [0, 0.05) is 44.9 Å². The third kappa shape index (κ3) is 6.32. The van der Waals surface area contributed by atoms with Crippen LogP contribution in [-0.2, 0) is 11.3 Å². The molecule has 1 heterocycles. The zero-order chi connectivity index (χ0) is 22.1. The largest absolute Gasteiger partial charge is 0.497 e. The van der Waals surface area contributed by atoms with Crippen molar-refractivity contribution in [2.75, 3.05) is 54.1 Å². The molecule has 168 valence electrons. The van der Waals surface area contributed by atoms with Gasteiger partial charge in [0.25, 0.3) is 0 Å². The summed E-state index contributed by atoms with van der Waals surface area (Å²) >= 11 is 0. The quantitative estimate of drug-likeness (QED) is 0.496. The Kier molecular flexibility index (Phi) is 8.49. The minimum atomic E-state index is -0.232. The summed E-state index contributed by atoms with van der Waals surface area (Å²) in [7, 11) is 4.99. The predicted octanol–water partition coefficient (Wildman–Crippen LogP) is 2.58. The maximum Gasteiger partial charge on any atom is 0.191 e. The fourth-order valence-electron chi connectivity index (χ4n) is 3.65. The molecule has 1 fully saturated rings. The lowest BCUT2D eigenvalue weighted by Gasteiger charge is -2.35. The van der Waals surface area contributed by atoms with Crippen LogP contribution < -0.4 is 20.1 Å². The van der Waals surface area contributed by atoms with Crippen LogP contribution in [0.25, 0.3) is 0 Å². The van der Waals surface area contributed by atoms with Crippen LogP contribution in [0, 0.1) is 5.82 Å². The van der Waals surface area contributed by atoms with Gasteiger partial charge in [-0.3, -0.25) is 9.89 Å². The number of hydrogen-bond donors (Lipinski definition) is 2. The molecule has 2 aromatic rings. The number of ether oxygens (including phenoxy) is 3. The Morgan fingerprint density at radius 2 is 1.94 bits per heavy atom. The Morgan fingerprint density at radius 3 is 2.61 bits per heavy atom. The number of nitrogens with one attached hydrogen (secondary N) is 2. The van der Waals surface area contributed by atoms with Crippen LogP contribution in [0.4, 0.5) is 4.39 Å². The first-order valence-corrected chi connectivity index (χ1v) is 10.4. The van der Waals surface area contributed by atoms with Crippen LogP contribution in [0.2, 0.25) is 0 Å². The molecule has 0 bridgehead atoms. The van der Waals surface area contributed by atoms with E-state index in [1.807, 2.05) is 24.3 Å². The van der Waals surface area contributed by atoms with Gasteiger partial charge in [-0.25, -0.2) is 4.39 Å². The molecule has 2 aromatic carbocycles. The van der Waals surface area contributed by atoms with Gasteiger partial charge in [0.2, 0.25) is 0 Å². The Morgan fingerprint density at radius 1 is 1.13 bits per heavy atom. The molecule has 1 unspecified atom stereocenters. The number of nitrogens with zero attached hydrogens (tertiary/aromatic N) is 2. The number of hydrogen-bond acceptors (Lipinski definition) is 5. The second-order valence-electron chi connectivity index (χ2n) is 7.20. The summed E-state index contributed by atoms with van der Waals surface area (Å²) in [6.07, 6.45) is 0. The summed E-state index contributed by atoms with van der Waals surface area (Å²) in [5.41, 5.74) is 1.92. The van der Waals surface area contributed by atoms with Gasteiger partial charge in [-0.05, 0) is 29.8 Å². The third-order valence-corrected chi connectivity index (χ3v) is 5.35. The molecule has 3 rings (SSSR count). The smallest absolute Gasteiger partial charge is 0.191 e. The average Bonchev–Trinajstić information content (AvgIpc) is 2.81. The first-order chi connectivity index (χ1) is 15.1. The van der Waals surface area contributed by atoms with E-state index in [4.69, 9.17) is 14.2 Å². The van der Waals surface area contributed by atoms with Crippen molar-refractivity contribution in [3.63, 3.8) is 0 Å². The number of guanidine groups is 1. The van der Waals surface area contributed by atoms with Crippen molar-refractivity contribution in [2.45, 2.75) is 12.6 Å². The standard InChI is InChI=1S/C23H31FN4O3/c1-25-23(26-15-18-7-8-20(29-2)14-22(18)30-3)27-16-21(28-9-11-31-12-10-28)17-5-4-6-19(24)13-17/h4-8,13-14,21H,9-12,15-16H2,1-3H3,(H2,25,26,27). The van der Waals surface area contributed by atoms with E-state index in [-0.39, 0.29) is 11.9 Å². The molecule has 0 radical (unpaired) electrons. The lowest BCUT2D eigenvalue weighted by Crippen LogP contribution is -2.46. The van der Waals surface area contributed by atoms with E-state index in [2.05, 4.69) is 20.5 Å². The van der Waals surface area contributed by atoms with Crippen molar-refractivity contribution in [1.82, 2.24) is 15.5 Å². The topological polar surface area (TPSA) is 67.4 Å². The summed E-state index contributed by atoms with van der Waals surface area (Å²) < 4.78 is 30.1. The first kappa shape index (κ1) is 22.8. The molecule has 0 saturated carbocycles. The molecular weight excluding hydrogens is 399 g/mol. The summed E-state index contributed by atoms with van der Waals surface area (Å²) in [6.45, 7) is 4.08.